The molecule has 3 rings (SSSR count). The topological polar surface area (TPSA) is 78.5 Å². The van der Waals surface area contributed by atoms with E-state index in [4.69, 9.17) is 0 Å². The Morgan fingerprint density at radius 3 is 2.39 bits per heavy atom. The minimum Gasteiger partial charge on any atom is -0.352 e. The molecular formula is C21H24ClN3O3. The molecule has 28 heavy (non-hydrogen) atoms. The van der Waals surface area contributed by atoms with E-state index < -0.39 is 0 Å². The van der Waals surface area contributed by atoms with Gasteiger partial charge >= 0.3 is 0 Å². The first kappa shape index (κ1) is 21.6. The van der Waals surface area contributed by atoms with Gasteiger partial charge in [0.15, 0.2) is 0 Å². The molecule has 0 bridgehead atoms. The number of halogens is 1. The van der Waals surface area contributed by atoms with E-state index in [9.17, 15) is 14.4 Å². The highest BCUT2D eigenvalue weighted by molar-refractivity contribution is 6.22. The van der Waals surface area contributed by atoms with E-state index in [1.807, 2.05) is 37.4 Å². The molecule has 0 saturated carbocycles. The lowest BCUT2D eigenvalue weighted by Crippen LogP contribution is -2.31. The predicted octanol–water partition coefficient (Wildman–Crippen LogP) is 2.29. The first-order valence-corrected chi connectivity index (χ1v) is 9.09. The van der Waals surface area contributed by atoms with Gasteiger partial charge in [0.25, 0.3) is 17.7 Å². The van der Waals surface area contributed by atoms with Crippen LogP contribution in [0.2, 0.25) is 0 Å². The van der Waals surface area contributed by atoms with Crippen molar-refractivity contribution >= 4 is 30.1 Å². The second-order valence-electron chi connectivity index (χ2n) is 6.47. The zero-order chi connectivity index (χ0) is 19.2. The van der Waals surface area contributed by atoms with Gasteiger partial charge in [0, 0.05) is 18.7 Å². The van der Waals surface area contributed by atoms with E-state index in [2.05, 4.69) is 10.6 Å². The van der Waals surface area contributed by atoms with E-state index in [0.717, 1.165) is 18.5 Å². The molecule has 148 valence electrons. The van der Waals surface area contributed by atoms with Crippen molar-refractivity contribution in [1.29, 1.82) is 0 Å². The van der Waals surface area contributed by atoms with E-state index in [-0.39, 0.29) is 30.1 Å². The molecular weight excluding hydrogens is 378 g/mol. The Bertz CT molecular complexity index is 855. The molecule has 2 N–H and O–H groups in total. The third-order valence-corrected chi connectivity index (χ3v) is 4.59. The molecule has 2 aromatic carbocycles. The van der Waals surface area contributed by atoms with E-state index in [0.29, 0.717) is 36.2 Å². The molecule has 0 radical (unpaired) electrons. The molecule has 0 aliphatic carbocycles. The summed E-state index contributed by atoms with van der Waals surface area (Å²) in [7, 11) is 1.86. The lowest BCUT2D eigenvalue weighted by atomic mass is 10.1. The fraction of sp³-hybridized carbons (Fsp3) is 0.286. The Kier molecular flexibility index (Phi) is 7.72. The van der Waals surface area contributed by atoms with Gasteiger partial charge in [-0.2, -0.15) is 0 Å². The van der Waals surface area contributed by atoms with Crippen molar-refractivity contribution in [2.75, 3.05) is 26.7 Å². The number of carbonyl (C=O) groups is 3. The minimum absolute atomic E-state index is 0. The van der Waals surface area contributed by atoms with Gasteiger partial charge in [-0.15, -0.1) is 12.4 Å². The normalized spacial score (nSPS) is 12.5. The number of fused-ring (bicyclic) bond motifs is 1. The molecule has 0 unspecified atom stereocenters. The van der Waals surface area contributed by atoms with E-state index in [1.165, 1.54) is 11.0 Å². The van der Waals surface area contributed by atoms with Crippen LogP contribution in [-0.4, -0.2) is 49.3 Å². The second-order valence-corrected chi connectivity index (χ2v) is 6.47. The summed E-state index contributed by atoms with van der Waals surface area (Å²) in [5, 5.41) is 5.84. The quantitative estimate of drug-likeness (QED) is 0.525. The average Bonchev–Trinajstić information content (AvgIpc) is 2.94. The Labute approximate surface area is 170 Å². The van der Waals surface area contributed by atoms with Crippen LogP contribution in [0.4, 0.5) is 0 Å². The standard InChI is InChI=1S/C21H23N3O3.ClH/c1-22-11-5-12-23-19(25)16-8-9-17-18(14-16)21(27)24(20(17)26)13-10-15-6-3-2-4-7-15;/h2-4,6-9,14,22H,5,10-13H2,1H3,(H,23,25);1H. The van der Waals surface area contributed by atoms with Crippen LogP contribution in [0.5, 0.6) is 0 Å². The molecule has 7 heteroatoms. The zero-order valence-corrected chi connectivity index (χ0v) is 16.6. The lowest BCUT2D eigenvalue weighted by molar-refractivity contribution is 0.0656. The maximum Gasteiger partial charge on any atom is 0.261 e. The van der Waals surface area contributed by atoms with Gasteiger partial charge < -0.3 is 10.6 Å². The van der Waals surface area contributed by atoms with Gasteiger partial charge in [0.2, 0.25) is 0 Å². The predicted molar refractivity (Wildman–Crippen MR) is 110 cm³/mol. The third kappa shape index (κ3) is 4.77. The number of rotatable bonds is 8. The number of hydrogen-bond acceptors (Lipinski definition) is 4. The minimum atomic E-state index is -0.337. The van der Waals surface area contributed by atoms with Crippen LogP contribution in [0.3, 0.4) is 0 Å². The molecule has 0 aromatic heterocycles. The monoisotopic (exact) mass is 401 g/mol. The van der Waals surface area contributed by atoms with Gasteiger partial charge in [0.05, 0.1) is 11.1 Å². The molecule has 3 amide bonds. The van der Waals surface area contributed by atoms with Crippen LogP contribution in [0.25, 0.3) is 0 Å². The molecule has 2 aromatic rings. The smallest absolute Gasteiger partial charge is 0.261 e. The SMILES string of the molecule is CNCCCNC(=O)c1ccc2c(c1)C(=O)N(CCc1ccccc1)C2=O.Cl. The number of amides is 3. The second kappa shape index (κ2) is 10.0. The van der Waals surface area contributed by atoms with Crippen molar-refractivity contribution in [3.8, 4) is 0 Å². The molecule has 6 nitrogen and oxygen atoms in total. The maximum absolute atomic E-state index is 12.7. The first-order valence-electron chi connectivity index (χ1n) is 9.09. The van der Waals surface area contributed by atoms with Crippen molar-refractivity contribution in [3.63, 3.8) is 0 Å². The third-order valence-electron chi connectivity index (χ3n) is 4.59. The first-order chi connectivity index (χ1) is 13.1. The van der Waals surface area contributed by atoms with Crippen LogP contribution in [0, 0.1) is 0 Å². The number of hydrogen-bond donors (Lipinski definition) is 2. The summed E-state index contributed by atoms with van der Waals surface area (Å²) >= 11 is 0. The fourth-order valence-electron chi connectivity index (χ4n) is 3.09. The van der Waals surface area contributed by atoms with Crippen molar-refractivity contribution in [2.45, 2.75) is 12.8 Å². The van der Waals surface area contributed by atoms with E-state index >= 15 is 0 Å². The molecule has 0 fully saturated rings. The van der Waals surface area contributed by atoms with E-state index in [1.54, 1.807) is 12.1 Å². The van der Waals surface area contributed by atoms with Crippen LogP contribution < -0.4 is 10.6 Å². The van der Waals surface area contributed by atoms with Crippen molar-refractivity contribution in [2.24, 2.45) is 0 Å². The van der Waals surface area contributed by atoms with Crippen LogP contribution >= 0.6 is 12.4 Å². The largest absolute Gasteiger partial charge is 0.352 e. The molecule has 0 saturated heterocycles. The number of nitrogens with one attached hydrogen (secondary N) is 2. The molecule has 0 atom stereocenters. The summed E-state index contributed by atoms with van der Waals surface area (Å²) in [5.41, 5.74) is 2.12. The summed E-state index contributed by atoms with van der Waals surface area (Å²) in [6, 6.07) is 14.4. The maximum atomic E-state index is 12.7. The molecule has 0 spiro atoms. The van der Waals surface area contributed by atoms with Gasteiger partial charge in [-0.05, 0) is 50.2 Å². The highest BCUT2D eigenvalue weighted by Crippen LogP contribution is 2.24. The van der Waals surface area contributed by atoms with Crippen molar-refractivity contribution < 1.29 is 14.4 Å². The van der Waals surface area contributed by atoms with Gasteiger partial charge in [-0.3, -0.25) is 19.3 Å². The molecule has 1 aliphatic rings. The summed E-state index contributed by atoms with van der Waals surface area (Å²) in [4.78, 5) is 38.7. The Morgan fingerprint density at radius 2 is 1.68 bits per heavy atom. The Hall–Kier alpha value is -2.70. The Balaban J connectivity index is 0.00000280. The summed E-state index contributed by atoms with van der Waals surface area (Å²) < 4.78 is 0. The van der Waals surface area contributed by atoms with Crippen LogP contribution in [0.1, 0.15) is 43.1 Å². The summed E-state index contributed by atoms with van der Waals surface area (Å²) in [6.45, 7) is 1.68. The Morgan fingerprint density at radius 1 is 0.964 bits per heavy atom. The van der Waals surface area contributed by atoms with Crippen LogP contribution in [-0.2, 0) is 6.42 Å². The number of carbonyl (C=O) groups excluding carboxylic acids is 3. The van der Waals surface area contributed by atoms with Crippen molar-refractivity contribution in [1.82, 2.24) is 15.5 Å². The molecule has 1 aliphatic heterocycles. The number of imide groups is 1. The molecule has 1 heterocycles. The van der Waals surface area contributed by atoms with Crippen LogP contribution in [0.15, 0.2) is 48.5 Å². The van der Waals surface area contributed by atoms with Gasteiger partial charge in [-0.25, -0.2) is 0 Å². The highest BCUT2D eigenvalue weighted by Gasteiger charge is 2.35. The summed E-state index contributed by atoms with van der Waals surface area (Å²) in [6.07, 6.45) is 1.42. The van der Waals surface area contributed by atoms with Crippen molar-refractivity contribution in [3.05, 3.63) is 70.8 Å². The lowest BCUT2D eigenvalue weighted by Gasteiger charge is -2.13. The number of nitrogens with zero attached hydrogens (tertiary/aromatic N) is 1. The fourth-order valence-corrected chi connectivity index (χ4v) is 3.09. The number of benzene rings is 2. The van der Waals surface area contributed by atoms with Gasteiger partial charge in [0.1, 0.15) is 0 Å². The highest BCUT2D eigenvalue weighted by atomic mass is 35.5. The average molecular weight is 402 g/mol. The van der Waals surface area contributed by atoms with Gasteiger partial charge in [-0.1, -0.05) is 30.3 Å². The summed E-state index contributed by atoms with van der Waals surface area (Å²) in [5.74, 6) is -0.875. The zero-order valence-electron chi connectivity index (χ0n) is 15.7.